The Kier molecular flexibility index (Phi) is 5.23. The van der Waals surface area contributed by atoms with E-state index in [4.69, 9.17) is 9.47 Å². The second kappa shape index (κ2) is 7.76. The molecule has 0 amide bonds. The van der Waals surface area contributed by atoms with E-state index < -0.39 is 0 Å². The fourth-order valence-electron chi connectivity index (χ4n) is 2.47. The van der Waals surface area contributed by atoms with Crippen molar-refractivity contribution in [3.8, 4) is 11.5 Å². The zero-order chi connectivity index (χ0) is 17.1. The van der Waals surface area contributed by atoms with E-state index in [1.807, 2.05) is 16.8 Å². The second-order valence-electron chi connectivity index (χ2n) is 5.39. The van der Waals surface area contributed by atoms with Gasteiger partial charge < -0.3 is 9.47 Å². The molecule has 9 heteroatoms. The van der Waals surface area contributed by atoms with Gasteiger partial charge in [-0.05, 0) is 39.6 Å². The van der Waals surface area contributed by atoms with E-state index in [2.05, 4.69) is 49.0 Å². The Morgan fingerprint density at radius 3 is 2.88 bits per heavy atom. The van der Waals surface area contributed by atoms with Crippen molar-refractivity contribution in [1.29, 1.82) is 0 Å². The minimum atomic E-state index is 0.585. The Morgan fingerprint density at radius 1 is 1.24 bits per heavy atom. The number of hydrogen-bond acceptors (Lipinski definition) is 7. The molecule has 0 aliphatic carbocycles. The number of aryl methyl sites for hydroxylation is 2. The molecule has 25 heavy (non-hydrogen) atoms. The van der Waals surface area contributed by atoms with Gasteiger partial charge in [-0.25, -0.2) is 4.68 Å². The van der Waals surface area contributed by atoms with Gasteiger partial charge >= 0.3 is 0 Å². The molecule has 1 aliphatic rings. The highest BCUT2D eigenvalue weighted by atomic mass is 79.9. The predicted molar refractivity (Wildman–Crippen MR) is 101 cm³/mol. The van der Waals surface area contributed by atoms with Gasteiger partial charge in [0.1, 0.15) is 13.2 Å². The third-order valence-corrected chi connectivity index (χ3v) is 6.40. The Balaban J connectivity index is 1.42. The summed E-state index contributed by atoms with van der Waals surface area (Å²) in [5.74, 6) is 2.33. The first-order valence-corrected chi connectivity index (χ1v) is 10.4. The van der Waals surface area contributed by atoms with Crippen molar-refractivity contribution < 1.29 is 9.47 Å². The molecule has 0 saturated carbocycles. The minimum Gasteiger partial charge on any atom is -0.486 e. The summed E-state index contributed by atoms with van der Waals surface area (Å²) in [7, 11) is 0. The number of thioether (sulfide) groups is 1. The largest absolute Gasteiger partial charge is 0.486 e. The summed E-state index contributed by atoms with van der Waals surface area (Å²) >= 11 is 6.98. The minimum absolute atomic E-state index is 0.585. The summed E-state index contributed by atoms with van der Waals surface area (Å²) in [6.07, 6.45) is 0.935. The lowest BCUT2D eigenvalue weighted by Gasteiger charge is -2.19. The Morgan fingerprint density at radius 2 is 2.08 bits per heavy atom. The summed E-state index contributed by atoms with van der Waals surface area (Å²) in [5.41, 5.74) is 1.13. The molecule has 0 unspecified atom stereocenters. The summed E-state index contributed by atoms with van der Waals surface area (Å²) in [6, 6.07) is 8.18. The van der Waals surface area contributed by atoms with Gasteiger partial charge in [0.15, 0.2) is 11.5 Å². The Bertz CT molecular complexity index is 854. The zero-order valence-electron chi connectivity index (χ0n) is 13.2. The molecule has 0 spiro atoms. The number of rotatable bonds is 6. The third-order valence-electron chi connectivity index (χ3n) is 3.72. The smallest absolute Gasteiger partial charge is 0.209 e. The first-order valence-electron chi connectivity index (χ1n) is 7.79. The predicted octanol–water partition coefficient (Wildman–Crippen LogP) is 3.80. The van der Waals surface area contributed by atoms with Gasteiger partial charge in [0.05, 0.1) is 6.54 Å². The average molecular weight is 439 g/mol. The number of thiophene rings is 1. The third kappa shape index (κ3) is 3.99. The molecule has 0 saturated heterocycles. The molecule has 3 aromatic rings. The van der Waals surface area contributed by atoms with Crippen LogP contribution in [0.1, 0.15) is 10.4 Å². The van der Waals surface area contributed by atoms with Crippen LogP contribution in [-0.2, 0) is 18.7 Å². The lowest BCUT2D eigenvalue weighted by atomic mass is 10.2. The van der Waals surface area contributed by atoms with Gasteiger partial charge in [0, 0.05) is 21.5 Å². The van der Waals surface area contributed by atoms with Crippen LogP contribution >= 0.6 is 39.0 Å². The molecular weight excluding hydrogens is 424 g/mol. The van der Waals surface area contributed by atoms with Crippen molar-refractivity contribution in [3.05, 3.63) is 44.6 Å². The monoisotopic (exact) mass is 438 g/mol. The van der Waals surface area contributed by atoms with Crippen molar-refractivity contribution in [3.63, 3.8) is 0 Å². The number of halogens is 1. The number of aromatic nitrogens is 4. The van der Waals surface area contributed by atoms with E-state index in [0.717, 1.165) is 45.4 Å². The Labute approximate surface area is 161 Å². The molecule has 1 aromatic carbocycles. The zero-order valence-corrected chi connectivity index (χ0v) is 16.4. The van der Waals surface area contributed by atoms with Gasteiger partial charge in [-0.15, -0.1) is 16.4 Å². The van der Waals surface area contributed by atoms with Crippen molar-refractivity contribution in [1.82, 2.24) is 20.2 Å². The SMILES string of the molecule is Brc1cc2c(cc1CSc1nnnn1CCc1cccs1)OCCO2. The van der Waals surface area contributed by atoms with E-state index in [1.165, 1.54) is 4.88 Å². The van der Waals surface area contributed by atoms with Crippen molar-refractivity contribution in [2.75, 3.05) is 13.2 Å². The summed E-state index contributed by atoms with van der Waals surface area (Å²) < 4.78 is 14.1. The summed E-state index contributed by atoms with van der Waals surface area (Å²) in [5, 5.41) is 15.0. The number of benzene rings is 1. The molecule has 0 atom stereocenters. The van der Waals surface area contributed by atoms with Crippen molar-refractivity contribution in [2.45, 2.75) is 23.9 Å². The molecule has 6 nitrogen and oxygen atoms in total. The number of ether oxygens (including phenoxy) is 2. The highest BCUT2D eigenvalue weighted by Gasteiger charge is 2.16. The van der Waals surface area contributed by atoms with Crippen LogP contribution in [0, 0.1) is 0 Å². The van der Waals surface area contributed by atoms with Gasteiger partial charge in [0.2, 0.25) is 5.16 Å². The van der Waals surface area contributed by atoms with E-state index in [-0.39, 0.29) is 0 Å². The van der Waals surface area contributed by atoms with E-state index in [0.29, 0.717) is 13.2 Å². The molecule has 0 bridgehead atoms. The molecule has 3 heterocycles. The normalized spacial score (nSPS) is 13.2. The molecule has 0 fully saturated rings. The highest BCUT2D eigenvalue weighted by molar-refractivity contribution is 9.10. The highest BCUT2D eigenvalue weighted by Crippen LogP contribution is 2.37. The number of hydrogen-bond donors (Lipinski definition) is 0. The van der Waals surface area contributed by atoms with E-state index in [1.54, 1.807) is 23.1 Å². The molecule has 2 aromatic heterocycles. The number of fused-ring (bicyclic) bond motifs is 1. The Hall–Kier alpha value is -1.58. The summed E-state index contributed by atoms with van der Waals surface area (Å²) in [4.78, 5) is 1.33. The maximum Gasteiger partial charge on any atom is 0.209 e. The quantitative estimate of drug-likeness (QED) is 0.545. The van der Waals surface area contributed by atoms with Crippen LogP contribution < -0.4 is 9.47 Å². The van der Waals surface area contributed by atoms with Crippen LogP contribution in [0.5, 0.6) is 11.5 Å². The number of nitrogens with zero attached hydrogens (tertiary/aromatic N) is 4. The standard InChI is InChI=1S/C16H15BrN4O2S2/c17-13-9-15-14(22-5-6-23-15)8-11(13)10-25-16-18-19-20-21(16)4-3-12-2-1-7-24-12/h1-2,7-9H,3-6,10H2. The maximum absolute atomic E-state index is 5.66. The topological polar surface area (TPSA) is 62.1 Å². The molecule has 0 N–H and O–H groups in total. The van der Waals surface area contributed by atoms with E-state index >= 15 is 0 Å². The lowest BCUT2D eigenvalue weighted by Crippen LogP contribution is -2.15. The fourth-order valence-corrected chi connectivity index (χ4v) is 4.71. The second-order valence-corrected chi connectivity index (χ2v) is 8.22. The van der Waals surface area contributed by atoms with Gasteiger partial charge in [-0.1, -0.05) is 33.8 Å². The summed E-state index contributed by atoms with van der Waals surface area (Å²) in [6.45, 7) is 1.95. The van der Waals surface area contributed by atoms with Crippen LogP contribution in [0.25, 0.3) is 0 Å². The maximum atomic E-state index is 5.66. The van der Waals surface area contributed by atoms with Crippen LogP contribution in [0.15, 0.2) is 39.3 Å². The van der Waals surface area contributed by atoms with Crippen LogP contribution in [0.4, 0.5) is 0 Å². The van der Waals surface area contributed by atoms with Crippen LogP contribution in [0.3, 0.4) is 0 Å². The molecule has 0 radical (unpaired) electrons. The van der Waals surface area contributed by atoms with Gasteiger partial charge in [0.25, 0.3) is 0 Å². The van der Waals surface area contributed by atoms with Gasteiger partial charge in [-0.3, -0.25) is 0 Å². The number of tetrazole rings is 1. The molecule has 4 rings (SSSR count). The molecule has 130 valence electrons. The lowest BCUT2D eigenvalue weighted by molar-refractivity contribution is 0.171. The fraction of sp³-hybridized carbons (Fsp3) is 0.312. The van der Waals surface area contributed by atoms with E-state index in [9.17, 15) is 0 Å². The van der Waals surface area contributed by atoms with Crippen molar-refractivity contribution >= 4 is 39.0 Å². The molecule has 1 aliphatic heterocycles. The van der Waals surface area contributed by atoms with Crippen molar-refractivity contribution in [2.24, 2.45) is 0 Å². The van der Waals surface area contributed by atoms with Crippen LogP contribution in [-0.4, -0.2) is 33.4 Å². The first kappa shape index (κ1) is 16.9. The van der Waals surface area contributed by atoms with Crippen LogP contribution in [0.2, 0.25) is 0 Å². The van der Waals surface area contributed by atoms with Gasteiger partial charge in [-0.2, -0.15) is 0 Å². The first-order chi connectivity index (χ1) is 12.3. The molecular formula is C16H15BrN4O2S2. The average Bonchev–Trinajstić information content (AvgIpc) is 3.29.